The van der Waals surface area contributed by atoms with E-state index in [0.29, 0.717) is 0 Å². The minimum absolute atomic E-state index is 1.08. The van der Waals surface area contributed by atoms with Crippen LogP contribution < -0.4 is 0 Å². The van der Waals surface area contributed by atoms with Gasteiger partial charge in [0, 0.05) is 40.0 Å². The molecule has 98 valence electrons. The molecule has 4 aromatic rings. The first-order valence-electron chi connectivity index (χ1n) is 6.64. The van der Waals surface area contributed by atoms with Gasteiger partial charge in [0.25, 0.3) is 0 Å². The zero-order valence-corrected chi connectivity index (χ0v) is 12.2. The number of nitrogens with zero attached hydrogens (tertiary/aromatic N) is 2. The van der Waals surface area contributed by atoms with Crippen LogP contribution in [0.3, 0.4) is 0 Å². The Bertz CT molecular complexity index is 931. The number of aromatic nitrogens is 2. The van der Waals surface area contributed by atoms with Crippen molar-refractivity contribution >= 4 is 33.1 Å². The summed E-state index contributed by atoms with van der Waals surface area (Å²) in [5.41, 5.74) is 4.80. The Morgan fingerprint density at radius 2 is 1.90 bits per heavy atom. The summed E-state index contributed by atoms with van der Waals surface area (Å²) in [4.78, 5) is 5.97. The normalized spacial score (nSPS) is 11.5. The minimum atomic E-state index is 1.08. The largest absolute Gasteiger partial charge is 0.342 e. The summed E-state index contributed by atoms with van der Waals surface area (Å²) in [7, 11) is 2.12. The molecule has 1 aromatic carbocycles. The molecule has 3 heterocycles. The number of para-hydroxylation sites is 1. The summed E-state index contributed by atoms with van der Waals surface area (Å²) < 4.78 is 2.25. The third kappa shape index (κ3) is 1.47. The molecule has 0 spiro atoms. The van der Waals surface area contributed by atoms with Crippen molar-refractivity contribution in [3.8, 4) is 11.3 Å². The fourth-order valence-electron chi connectivity index (χ4n) is 2.95. The van der Waals surface area contributed by atoms with Crippen LogP contribution >= 0.6 is 11.3 Å². The van der Waals surface area contributed by atoms with E-state index in [1.165, 1.54) is 32.2 Å². The second-order valence-electron chi connectivity index (χ2n) is 5.02. The standard InChI is InChI=1S/C17H14N2S/c1-11-12(8-10-20-11)16-17-14(7-9-18-16)13-5-3-4-6-15(13)19(17)2/h3-10H,1-2H3. The summed E-state index contributed by atoms with van der Waals surface area (Å²) in [5, 5.41) is 4.70. The molecule has 0 atom stereocenters. The monoisotopic (exact) mass is 278 g/mol. The first-order chi connectivity index (χ1) is 9.77. The van der Waals surface area contributed by atoms with E-state index in [0.717, 1.165) is 5.69 Å². The molecule has 2 nitrogen and oxygen atoms in total. The average Bonchev–Trinajstić information content (AvgIpc) is 3.03. The topological polar surface area (TPSA) is 17.8 Å². The summed E-state index contributed by atoms with van der Waals surface area (Å²) in [6.45, 7) is 2.16. The second kappa shape index (κ2) is 4.18. The van der Waals surface area contributed by atoms with Crippen molar-refractivity contribution in [2.45, 2.75) is 6.92 Å². The third-order valence-electron chi connectivity index (χ3n) is 3.93. The number of thiophene rings is 1. The van der Waals surface area contributed by atoms with E-state index in [-0.39, 0.29) is 0 Å². The highest BCUT2D eigenvalue weighted by Gasteiger charge is 2.15. The molecular formula is C17H14N2S. The van der Waals surface area contributed by atoms with E-state index in [1.54, 1.807) is 11.3 Å². The van der Waals surface area contributed by atoms with Crippen LogP contribution in [0.5, 0.6) is 0 Å². The number of pyridine rings is 1. The Morgan fingerprint density at radius 1 is 1.05 bits per heavy atom. The van der Waals surface area contributed by atoms with Gasteiger partial charge in [-0.15, -0.1) is 11.3 Å². The lowest BCUT2D eigenvalue weighted by molar-refractivity contribution is 1.01. The van der Waals surface area contributed by atoms with Gasteiger partial charge in [-0.1, -0.05) is 18.2 Å². The molecule has 0 saturated carbocycles. The first kappa shape index (κ1) is 11.7. The van der Waals surface area contributed by atoms with Crippen molar-refractivity contribution in [2.24, 2.45) is 7.05 Å². The highest BCUT2D eigenvalue weighted by molar-refractivity contribution is 7.10. The van der Waals surface area contributed by atoms with Crippen LogP contribution in [0.2, 0.25) is 0 Å². The van der Waals surface area contributed by atoms with E-state index in [9.17, 15) is 0 Å². The van der Waals surface area contributed by atoms with E-state index >= 15 is 0 Å². The zero-order chi connectivity index (χ0) is 13.7. The Labute approximate surface area is 121 Å². The lowest BCUT2D eigenvalue weighted by atomic mass is 10.1. The van der Waals surface area contributed by atoms with E-state index in [2.05, 4.69) is 65.3 Å². The maximum absolute atomic E-state index is 4.65. The molecule has 0 bridgehead atoms. The molecule has 0 unspecified atom stereocenters. The van der Waals surface area contributed by atoms with Gasteiger partial charge in [0.05, 0.1) is 11.2 Å². The van der Waals surface area contributed by atoms with Crippen molar-refractivity contribution in [2.75, 3.05) is 0 Å². The first-order valence-corrected chi connectivity index (χ1v) is 7.52. The molecule has 0 saturated heterocycles. The van der Waals surface area contributed by atoms with Gasteiger partial charge in [0.15, 0.2) is 0 Å². The molecule has 0 N–H and O–H groups in total. The molecule has 0 amide bonds. The molecule has 4 rings (SSSR count). The maximum atomic E-state index is 4.65. The summed E-state index contributed by atoms with van der Waals surface area (Å²) in [6, 6.07) is 12.8. The average molecular weight is 278 g/mol. The van der Waals surface area contributed by atoms with Crippen molar-refractivity contribution in [1.82, 2.24) is 9.55 Å². The Morgan fingerprint density at radius 3 is 2.70 bits per heavy atom. The summed E-state index contributed by atoms with van der Waals surface area (Å²) in [6.07, 6.45) is 1.92. The van der Waals surface area contributed by atoms with Gasteiger partial charge in [0.1, 0.15) is 0 Å². The van der Waals surface area contributed by atoms with Crippen LogP contribution in [0.1, 0.15) is 4.88 Å². The number of benzene rings is 1. The van der Waals surface area contributed by atoms with Gasteiger partial charge in [-0.3, -0.25) is 4.98 Å². The number of hydrogen-bond donors (Lipinski definition) is 0. The third-order valence-corrected chi connectivity index (χ3v) is 4.77. The predicted octanol–water partition coefficient (Wildman–Crippen LogP) is 4.76. The molecule has 0 aliphatic heterocycles. The van der Waals surface area contributed by atoms with Gasteiger partial charge in [-0.25, -0.2) is 0 Å². The van der Waals surface area contributed by atoms with E-state index < -0.39 is 0 Å². The smallest absolute Gasteiger partial charge is 0.0956 e. The molecular weight excluding hydrogens is 264 g/mol. The van der Waals surface area contributed by atoms with Gasteiger partial charge in [-0.05, 0) is 30.5 Å². The van der Waals surface area contributed by atoms with Crippen molar-refractivity contribution < 1.29 is 0 Å². The van der Waals surface area contributed by atoms with E-state index in [4.69, 9.17) is 0 Å². The quantitative estimate of drug-likeness (QED) is 0.490. The van der Waals surface area contributed by atoms with Gasteiger partial charge < -0.3 is 4.57 Å². The SMILES string of the molecule is Cc1sccc1-c1nccc2c3ccccc3n(C)c12. The highest BCUT2D eigenvalue weighted by Crippen LogP contribution is 2.35. The molecule has 0 radical (unpaired) electrons. The Hall–Kier alpha value is -2.13. The molecule has 0 fully saturated rings. The fraction of sp³-hybridized carbons (Fsp3) is 0.118. The van der Waals surface area contributed by atoms with Crippen LogP contribution in [0, 0.1) is 6.92 Å². The van der Waals surface area contributed by atoms with Crippen LogP contribution in [0.4, 0.5) is 0 Å². The van der Waals surface area contributed by atoms with Crippen molar-refractivity contribution in [3.05, 3.63) is 52.9 Å². The molecule has 3 heteroatoms. The van der Waals surface area contributed by atoms with Crippen LogP contribution in [0.25, 0.3) is 33.1 Å². The second-order valence-corrected chi connectivity index (χ2v) is 6.14. The minimum Gasteiger partial charge on any atom is -0.342 e. The van der Waals surface area contributed by atoms with Crippen LogP contribution in [-0.4, -0.2) is 9.55 Å². The lowest BCUT2D eigenvalue weighted by Gasteiger charge is -2.05. The Balaban J connectivity index is 2.21. The van der Waals surface area contributed by atoms with Gasteiger partial charge in [-0.2, -0.15) is 0 Å². The molecule has 20 heavy (non-hydrogen) atoms. The lowest BCUT2D eigenvalue weighted by Crippen LogP contribution is -1.92. The number of rotatable bonds is 1. The van der Waals surface area contributed by atoms with Gasteiger partial charge >= 0.3 is 0 Å². The molecule has 0 aliphatic rings. The summed E-state index contributed by atoms with van der Waals surface area (Å²) in [5.74, 6) is 0. The van der Waals surface area contributed by atoms with Crippen molar-refractivity contribution in [1.29, 1.82) is 0 Å². The predicted molar refractivity (Wildman–Crippen MR) is 86.3 cm³/mol. The fourth-order valence-corrected chi connectivity index (χ4v) is 3.65. The van der Waals surface area contributed by atoms with Crippen LogP contribution in [0.15, 0.2) is 48.0 Å². The molecule has 0 aliphatic carbocycles. The van der Waals surface area contributed by atoms with E-state index in [1.807, 2.05) is 6.20 Å². The van der Waals surface area contributed by atoms with Crippen LogP contribution in [-0.2, 0) is 7.05 Å². The van der Waals surface area contributed by atoms with Crippen molar-refractivity contribution in [3.63, 3.8) is 0 Å². The Kier molecular flexibility index (Phi) is 2.44. The maximum Gasteiger partial charge on any atom is 0.0956 e. The highest BCUT2D eigenvalue weighted by atomic mass is 32.1. The number of aryl methyl sites for hydroxylation is 2. The zero-order valence-electron chi connectivity index (χ0n) is 11.4. The van der Waals surface area contributed by atoms with Gasteiger partial charge in [0.2, 0.25) is 0 Å². The molecule has 3 aromatic heterocycles. The summed E-state index contributed by atoms with van der Waals surface area (Å²) >= 11 is 1.77. The number of fused-ring (bicyclic) bond motifs is 3. The number of hydrogen-bond acceptors (Lipinski definition) is 2.